The minimum atomic E-state index is -0.0703. The molecule has 0 saturated heterocycles. The molecular weight excluding hydrogens is 196 g/mol. The first kappa shape index (κ1) is 12.0. The minimum absolute atomic E-state index is 0.0703. The minimum Gasteiger partial charge on any atom is -0.411 e. The number of carbonyl (C=O) groups excluding carboxylic acids is 1. The lowest BCUT2D eigenvalue weighted by molar-refractivity contribution is -0.127. The van der Waals surface area contributed by atoms with Gasteiger partial charge in [-0.25, -0.2) is 0 Å². The Morgan fingerprint density at radius 2 is 2.27 bits per heavy atom. The fraction of sp³-hybridized carbons (Fsp3) is 0.800. The lowest BCUT2D eigenvalue weighted by atomic mass is 9.96. The number of ether oxygens (including phenoxy) is 1. The molecule has 0 atom stereocenters. The second-order valence-corrected chi connectivity index (χ2v) is 3.63. The van der Waals surface area contributed by atoms with Crippen molar-refractivity contribution in [3.63, 3.8) is 0 Å². The zero-order valence-electron chi connectivity index (χ0n) is 9.03. The van der Waals surface area contributed by atoms with Gasteiger partial charge < -0.3 is 15.3 Å². The van der Waals surface area contributed by atoms with E-state index in [-0.39, 0.29) is 18.6 Å². The van der Waals surface area contributed by atoms with Crippen molar-refractivity contribution in [1.29, 1.82) is 0 Å². The molecule has 0 aromatic rings. The Morgan fingerprint density at radius 3 is 2.80 bits per heavy atom. The van der Waals surface area contributed by atoms with Gasteiger partial charge in [0.05, 0.1) is 11.8 Å². The molecule has 0 aromatic carbocycles. The predicted molar refractivity (Wildman–Crippen MR) is 56.1 cm³/mol. The Balaban J connectivity index is 2.16. The first-order chi connectivity index (χ1) is 7.26. The summed E-state index contributed by atoms with van der Waals surface area (Å²) in [6.07, 6.45) is 3.31. The van der Waals surface area contributed by atoms with Gasteiger partial charge in [-0.1, -0.05) is 5.16 Å². The first-order valence-corrected chi connectivity index (χ1v) is 5.34. The standard InChI is InChI=1S/C10H18N2O3/c1-2-11-10(13)7-15-9-5-3-8(12-14)4-6-9/h9,14H,2-7H2,1H3,(H,11,13). The second-order valence-electron chi connectivity index (χ2n) is 3.63. The van der Waals surface area contributed by atoms with Crippen LogP contribution in [0.25, 0.3) is 0 Å². The van der Waals surface area contributed by atoms with E-state index in [4.69, 9.17) is 9.94 Å². The molecule has 0 radical (unpaired) electrons. The van der Waals surface area contributed by atoms with Gasteiger partial charge >= 0.3 is 0 Å². The molecule has 0 unspecified atom stereocenters. The number of oxime groups is 1. The van der Waals surface area contributed by atoms with Crippen LogP contribution in [0, 0.1) is 0 Å². The summed E-state index contributed by atoms with van der Waals surface area (Å²) >= 11 is 0. The molecule has 0 spiro atoms. The smallest absolute Gasteiger partial charge is 0.246 e. The van der Waals surface area contributed by atoms with Crippen LogP contribution in [0.15, 0.2) is 5.16 Å². The summed E-state index contributed by atoms with van der Waals surface area (Å²) in [6, 6.07) is 0. The normalized spacial score (nSPS) is 21.1. The highest BCUT2D eigenvalue weighted by Crippen LogP contribution is 2.18. The van der Waals surface area contributed by atoms with Gasteiger partial charge in [-0.15, -0.1) is 0 Å². The Morgan fingerprint density at radius 1 is 1.60 bits per heavy atom. The number of rotatable bonds is 4. The zero-order valence-corrected chi connectivity index (χ0v) is 9.03. The molecule has 0 aromatic heterocycles. The molecule has 2 N–H and O–H groups in total. The molecule has 1 fully saturated rings. The predicted octanol–water partition coefficient (Wildman–Crippen LogP) is 0.912. The molecule has 5 nitrogen and oxygen atoms in total. The van der Waals surface area contributed by atoms with E-state index in [1.807, 2.05) is 6.92 Å². The molecule has 0 bridgehead atoms. The van der Waals surface area contributed by atoms with Crippen LogP contribution in [0.2, 0.25) is 0 Å². The van der Waals surface area contributed by atoms with Crippen molar-refractivity contribution in [2.75, 3.05) is 13.2 Å². The lowest BCUT2D eigenvalue weighted by Gasteiger charge is -2.22. The maximum absolute atomic E-state index is 11.1. The summed E-state index contributed by atoms with van der Waals surface area (Å²) < 4.78 is 5.44. The lowest BCUT2D eigenvalue weighted by Crippen LogP contribution is -2.31. The summed E-state index contributed by atoms with van der Waals surface area (Å²) in [5.41, 5.74) is 0.827. The van der Waals surface area contributed by atoms with Crippen LogP contribution >= 0.6 is 0 Å². The molecule has 1 saturated carbocycles. The highest BCUT2D eigenvalue weighted by molar-refractivity contribution is 5.84. The number of amides is 1. The van der Waals surface area contributed by atoms with E-state index in [0.29, 0.717) is 6.54 Å². The third-order valence-electron chi connectivity index (χ3n) is 2.48. The largest absolute Gasteiger partial charge is 0.411 e. The van der Waals surface area contributed by atoms with Crippen LogP contribution in [0.1, 0.15) is 32.6 Å². The van der Waals surface area contributed by atoms with E-state index in [0.717, 1.165) is 31.4 Å². The van der Waals surface area contributed by atoms with E-state index >= 15 is 0 Å². The van der Waals surface area contributed by atoms with E-state index < -0.39 is 0 Å². The van der Waals surface area contributed by atoms with E-state index in [1.54, 1.807) is 0 Å². The summed E-state index contributed by atoms with van der Waals surface area (Å²) in [5, 5.41) is 14.4. The van der Waals surface area contributed by atoms with Crippen molar-refractivity contribution in [2.45, 2.75) is 38.7 Å². The number of hydrogen-bond acceptors (Lipinski definition) is 4. The summed E-state index contributed by atoms with van der Waals surface area (Å²) in [5.74, 6) is -0.0703. The Kier molecular flexibility index (Phi) is 5.10. The number of carbonyl (C=O) groups is 1. The monoisotopic (exact) mass is 214 g/mol. The quantitative estimate of drug-likeness (QED) is 0.540. The molecule has 1 aliphatic carbocycles. The third-order valence-corrected chi connectivity index (χ3v) is 2.48. The van der Waals surface area contributed by atoms with Gasteiger partial charge in [0.25, 0.3) is 0 Å². The topological polar surface area (TPSA) is 70.9 Å². The van der Waals surface area contributed by atoms with Crippen LogP contribution < -0.4 is 5.32 Å². The Hall–Kier alpha value is -1.10. The van der Waals surface area contributed by atoms with Gasteiger partial charge in [-0.2, -0.15) is 0 Å². The zero-order chi connectivity index (χ0) is 11.1. The number of likely N-dealkylation sites (N-methyl/N-ethyl adjacent to an activating group) is 1. The van der Waals surface area contributed by atoms with Crippen molar-refractivity contribution in [2.24, 2.45) is 5.16 Å². The van der Waals surface area contributed by atoms with Gasteiger partial charge in [0, 0.05) is 6.54 Å². The molecule has 5 heteroatoms. The van der Waals surface area contributed by atoms with Crippen LogP contribution in [0.4, 0.5) is 0 Å². The maximum atomic E-state index is 11.1. The van der Waals surface area contributed by atoms with Gasteiger partial charge in [0.2, 0.25) is 5.91 Å². The summed E-state index contributed by atoms with van der Waals surface area (Å²) in [7, 11) is 0. The van der Waals surface area contributed by atoms with Gasteiger partial charge in [0.15, 0.2) is 0 Å². The van der Waals surface area contributed by atoms with Crippen LogP contribution in [-0.4, -0.2) is 36.1 Å². The van der Waals surface area contributed by atoms with Crippen LogP contribution in [0.3, 0.4) is 0 Å². The fourth-order valence-electron chi connectivity index (χ4n) is 1.63. The maximum Gasteiger partial charge on any atom is 0.246 e. The van der Waals surface area contributed by atoms with Crippen LogP contribution in [0.5, 0.6) is 0 Å². The van der Waals surface area contributed by atoms with Crippen molar-refractivity contribution in [3.05, 3.63) is 0 Å². The highest BCUT2D eigenvalue weighted by atomic mass is 16.5. The second kappa shape index (κ2) is 6.40. The molecule has 1 amide bonds. The Labute approximate surface area is 89.5 Å². The molecular formula is C10H18N2O3. The van der Waals surface area contributed by atoms with Gasteiger partial charge in [-0.05, 0) is 32.6 Å². The van der Waals surface area contributed by atoms with E-state index in [9.17, 15) is 4.79 Å². The number of nitrogens with one attached hydrogen (secondary N) is 1. The molecule has 0 heterocycles. The van der Waals surface area contributed by atoms with Crippen molar-refractivity contribution in [1.82, 2.24) is 5.32 Å². The summed E-state index contributed by atoms with van der Waals surface area (Å²) in [4.78, 5) is 11.1. The summed E-state index contributed by atoms with van der Waals surface area (Å²) in [6.45, 7) is 2.64. The van der Waals surface area contributed by atoms with Crippen molar-refractivity contribution >= 4 is 11.6 Å². The van der Waals surface area contributed by atoms with Crippen molar-refractivity contribution < 1.29 is 14.7 Å². The van der Waals surface area contributed by atoms with E-state index in [2.05, 4.69) is 10.5 Å². The van der Waals surface area contributed by atoms with Gasteiger partial charge in [0.1, 0.15) is 6.61 Å². The fourth-order valence-corrected chi connectivity index (χ4v) is 1.63. The number of hydrogen-bond donors (Lipinski definition) is 2. The highest BCUT2D eigenvalue weighted by Gasteiger charge is 2.19. The van der Waals surface area contributed by atoms with Crippen molar-refractivity contribution in [3.8, 4) is 0 Å². The molecule has 1 rings (SSSR count). The molecule has 0 aliphatic heterocycles. The molecule has 86 valence electrons. The van der Waals surface area contributed by atoms with Crippen LogP contribution in [-0.2, 0) is 9.53 Å². The molecule has 1 aliphatic rings. The average Bonchev–Trinajstić information content (AvgIpc) is 2.27. The Bertz CT molecular complexity index is 231. The first-order valence-electron chi connectivity index (χ1n) is 5.34. The molecule has 15 heavy (non-hydrogen) atoms. The SMILES string of the molecule is CCNC(=O)COC1CCC(=NO)CC1. The van der Waals surface area contributed by atoms with Gasteiger partial charge in [-0.3, -0.25) is 4.79 Å². The average molecular weight is 214 g/mol. The number of nitrogens with zero attached hydrogens (tertiary/aromatic N) is 1. The third kappa shape index (κ3) is 4.29. The van der Waals surface area contributed by atoms with E-state index in [1.165, 1.54) is 0 Å².